The fourth-order valence-electron chi connectivity index (χ4n) is 3.70. The number of hydrogen-bond acceptors (Lipinski definition) is 4. The zero-order valence-corrected chi connectivity index (χ0v) is 19.2. The molecule has 35 heavy (non-hydrogen) atoms. The third kappa shape index (κ3) is 4.57. The molecule has 0 N–H and O–H groups in total. The topological polar surface area (TPSA) is 61.4 Å². The summed E-state index contributed by atoms with van der Waals surface area (Å²) in [6, 6.07) is 18.2. The third-order valence-electron chi connectivity index (χ3n) is 5.60. The molecule has 0 fully saturated rings. The molecule has 3 aromatic heterocycles. The number of benzene rings is 2. The molecule has 0 aliphatic carbocycles. The second-order valence-electron chi connectivity index (χ2n) is 8.40. The summed E-state index contributed by atoms with van der Waals surface area (Å²) in [6.45, 7) is 3.95. The van der Waals surface area contributed by atoms with Gasteiger partial charge in [-0.1, -0.05) is 59.7 Å². The van der Waals surface area contributed by atoms with Crippen LogP contribution in [0.2, 0.25) is 0 Å². The summed E-state index contributed by atoms with van der Waals surface area (Å²) in [7, 11) is 1.69. The van der Waals surface area contributed by atoms with Crippen molar-refractivity contribution >= 4 is 0 Å². The van der Waals surface area contributed by atoms with Gasteiger partial charge >= 0.3 is 6.18 Å². The van der Waals surface area contributed by atoms with Crippen molar-refractivity contribution in [1.82, 2.24) is 29.5 Å². The maximum Gasteiger partial charge on any atom is 0.433 e. The first-order chi connectivity index (χ1) is 16.7. The summed E-state index contributed by atoms with van der Waals surface area (Å²) in [5.74, 6) is -0.174. The Labute approximate surface area is 199 Å². The van der Waals surface area contributed by atoms with E-state index in [-0.39, 0.29) is 11.6 Å². The fraction of sp³-hybridized carbons (Fsp3) is 0.154. The van der Waals surface area contributed by atoms with Gasteiger partial charge in [-0.05, 0) is 26.0 Å². The van der Waals surface area contributed by atoms with Crippen LogP contribution in [0.1, 0.15) is 16.8 Å². The highest BCUT2D eigenvalue weighted by Gasteiger charge is 2.34. The van der Waals surface area contributed by atoms with Crippen LogP contribution < -0.4 is 0 Å². The van der Waals surface area contributed by atoms with Crippen molar-refractivity contribution in [2.24, 2.45) is 7.05 Å². The molecular formula is C26H21F3N6. The van der Waals surface area contributed by atoms with Gasteiger partial charge in [-0.2, -0.15) is 28.1 Å². The highest BCUT2D eigenvalue weighted by Crippen LogP contribution is 2.33. The summed E-state index contributed by atoms with van der Waals surface area (Å²) < 4.78 is 44.3. The summed E-state index contributed by atoms with van der Waals surface area (Å²) in [4.78, 5) is 8.33. The minimum atomic E-state index is -4.66. The van der Waals surface area contributed by atoms with Crippen molar-refractivity contribution in [2.45, 2.75) is 20.0 Å². The second kappa shape index (κ2) is 8.50. The Hall–Kier alpha value is -4.27. The molecule has 0 aliphatic rings. The lowest BCUT2D eigenvalue weighted by molar-refractivity contribution is -0.141. The van der Waals surface area contributed by atoms with Gasteiger partial charge in [0.25, 0.3) is 5.95 Å². The number of hydrogen-bond donors (Lipinski definition) is 0. The van der Waals surface area contributed by atoms with E-state index in [2.05, 4.69) is 20.2 Å². The van der Waals surface area contributed by atoms with E-state index in [0.717, 1.165) is 28.3 Å². The van der Waals surface area contributed by atoms with Gasteiger partial charge in [0, 0.05) is 29.9 Å². The molecule has 3 heterocycles. The average molecular weight is 474 g/mol. The van der Waals surface area contributed by atoms with E-state index >= 15 is 0 Å². The SMILES string of the molecule is Cc1ccc(-c2cc(-c3ccc(C)cc3)n(-c3nc(-c4cnn(C)c4)cc(C(F)(F)F)n3)n2)cc1. The second-order valence-corrected chi connectivity index (χ2v) is 8.40. The zero-order chi connectivity index (χ0) is 24.7. The smallest absolute Gasteiger partial charge is 0.275 e. The van der Waals surface area contributed by atoms with E-state index in [4.69, 9.17) is 0 Å². The zero-order valence-electron chi connectivity index (χ0n) is 19.2. The van der Waals surface area contributed by atoms with Crippen LogP contribution in [0.5, 0.6) is 0 Å². The maximum atomic E-state index is 13.8. The normalized spacial score (nSPS) is 11.7. The Morgan fingerprint density at radius 1 is 0.743 bits per heavy atom. The van der Waals surface area contributed by atoms with E-state index in [1.54, 1.807) is 13.2 Å². The Morgan fingerprint density at radius 3 is 1.94 bits per heavy atom. The van der Waals surface area contributed by atoms with Crippen LogP contribution in [0.4, 0.5) is 13.2 Å². The standard InChI is InChI=1S/C26H21F3N6/c1-16-4-8-18(9-5-16)22-12-23(19-10-6-17(2)7-11-19)35(33-22)25-31-21(20-14-30-34(3)15-20)13-24(32-25)26(27,28)29/h4-15H,1-3H3. The van der Waals surface area contributed by atoms with E-state index in [1.807, 2.05) is 68.4 Å². The van der Waals surface area contributed by atoms with E-state index in [0.29, 0.717) is 17.0 Å². The fourth-order valence-corrected chi connectivity index (χ4v) is 3.70. The van der Waals surface area contributed by atoms with Crippen molar-refractivity contribution in [3.63, 3.8) is 0 Å². The lowest BCUT2D eigenvalue weighted by atomic mass is 10.1. The number of aromatic nitrogens is 6. The molecule has 176 valence electrons. The molecule has 0 amide bonds. The van der Waals surface area contributed by atoms with Gasteiger partial charge in [-0.3, -0.25) is 4.68 Å². The van der Waals surface area contributed by atoms with Crippen LogP contribution in [-0.2, 0) is 13.2 Å². The summed E-state index contributed by atoms with van der Waals surface area (Å²) in [5, 5.41) is 8.71. The van der Waals surface area contributed by atoms with Gasteiger partial charge in [0.15, 0.2) is 5.69 Å². The summed E-state index contributed by atoms with van der Waals surface area (Å²) in [5.41, 5.74) is 4.46. The number of alkyl halides is 3. The minimum Gasteiger partial charge on any atom is -0.275 e. The molecule has 9 heteroatoms. The molecule has 0 saturated heterocycles. The first-order valence-corrected chi connectivity index (χ1v) is 10.9. The molecule has 0 saturated carbocycles. The molecule has 5 aromatic rings. The third-order valence-corrected chi connectivity index (χ3v) is 5.60. The molecular weight excluding hydrogens is 453 g/mol. The number of halogens is 3. The van der Waals surface area contributed by atoms with Gasteiger partial charge in [0.2, 0.25) is 0 Å². The molecule has 0 aliphatic heterocycles. The molecule has 0 spiro atoms. The molecule has 2 aromatic carbocycles. The van der Waals surface area contributed by atoms with E-state index in [1.165, 1.54) is 15.6 Å². The van der Waals surface area contributed by atoms with Crippen LogP contribution in [0, 0.1) is 13.8 Å². The van der Waals surface area contributed by atoms with Crippen LogP contribution >= 0.6 is 0 Å². The molecule has 0 unspecified atom stereocenters. The Bertz CT molecular complexity index is 1500. The van der Waals surface area contributed by atoms with Gasteiger partial charge in [-0.15, -0.1) is 0 Å². The maximum absolute atomic E-state index is 13.8. The predicted octanol–water partition coefficient (Wildman–Crippen LogP) is 6.03. The predicted molar refractivity (Wildman–Crippen MR) is 127 cm³/mol. The highest BCUT2D eigenvalue weighted by molar-refractivity contribution is 5.70. The van der Waals surface area contributed by atoms with Crippen molar-refractivity contribution in [1.29, 1.82) is 0 Å². The van der Waals surface area contributed by atoms with Gasteiger partial charge in [0.1, 0.15) is 0 Å². The van der Waals surface area contributed by atoms with E-state index in [9.17, 15) is 13.2 Å². The highest BCUT2D eigenvalue weighted by atomic mass is 19.4. The van der Waals surface area contributed by atoms with Crippen LogP contribution in [0.3, 0.4) is 0 Å². The minimum absolute atomic E-state index is 0.109. The van der Waals surface area contributed by atoms with Crippen molar-refractivity contribution in [3.8, 4) is 39.7 Å². The Balaban J connectivity index is 1.74. The quantitative estimate of drug-likeness (QED) is 0.319. The first-order valence-electron chi connectivity index (χ1n) is 10.9. The number of nitrogens with zero attached hydrogens (tertiary/aromatic N) is 6. The van der Waals surface area contributed by atoms with E-state index < -0.39 is 11.9 Å². The van der Waals surface area contributed by atoms with Crippen LogP contribution in [-0.4, -0.2) is 29.5 Å². The number of aryl methyl sites for hydroxylation is 3. The van der Waals surface area contributed by atoms with Crippen LogP contribution in [0.25, 0.3) is 39.7 Å². The van der Waals surface area contributed by atoms with Crippen molar-refractivity contribution in [2.75, 3.05) is 0 Å². The lowest BCUT2D eigenvalue weighted by Gasteiger charge is -2.12. The Kier molecular flexibility index (Phi) is 5.47. The lowest BCUT2D eigenvalue weighted by Crippen LogP contribution is -2.14. The molecule has 0 atom stereocenters. The number of rotatable bonds is 4. The average Bonchev–Trinajstić information content (AvgIpc) is 3.46. The van der Waals surface area contributed by atoms with Gasteiger partial charge in [0.05, 0.1) is 23.3 Å². The van der Waals surface area contributed by atoms with Gasteiger partial charge < -0.3 is 0 Å². The van der Waals surface area contributed by atoms with Crippen LogP contribution in [0.15, 0.2) is 73.1 Å². The first kappa shape index (κ1) is 22.5. The summed E-state index contributed by atoms with van der Waals surface area (Å²) >= 11 is 0. The molecule has 5 rings (SSSR count). The molecule has 0 radical (unpaired) electrons. The van der Waals surface area contributed by atoms with Gasteiger partial charge in [-0.25, -0.2) is 9.97 Å². The largest absolute Gasteiger partial charge is 0.433 e. The summed E-state index contributed by atoms with van der Waals surface area (Å²) in [6.07, 6.45) is -1.59. The Morgan fingerprint density at radius 2 is 1.37 bits per heavy atom. The monoisotopic (exact) mass is 474 g/mol. The molecule has 6 nitrogen and oxygen atoms in total. The molecule has 0 bridgehead atoms. The van der Waals surface area contributed by atoms with Crippen molar-refractivity contribution in [3.05, 3.63) is 89.9 Å². The van der Waals surface area contributed by atoms with Crippen molar-refractivity contribution < 1.29 is 13.2 Å².